The molecule has 0 fully saturated rings. The number of carbonyl (C=O) groups excluding carboxylic acids is 1. The molecule has 130 valence electrons. The Morgan fingerprint density at radius 3 is 2.68 bits per heavy atom. The summed E-state index contributed by atoms with van der Waals surface area (Å²) < 4.78 is 5.65. The Balaban J connectivity index is 2.02. The fourth-order valence-electron chi connectivity index (χ4n) is 2.49. The number of carbonyl (C=O) groups is 1. The predicted molar refractivity (Wildman–Crippen MR) is 94.9 cm³/mol. The number of nitriles is 1. The average molecular weight is 338 g/mol. The summed E-state index contributed by atoms with van der Waals surface area (Å²) in [5.41, 5.74) is 1.47. The van der Waals surface area contributed by atoms with Gasteiger partial charge in [0.1, 0.15) is 5.75 Å². The van der Waals surface area contributed by atoms with Crippen LogP contribution in [0.1, 0.15) is 36.9 Å². The van der Waals surface area contributed by atoms with Crippen LogP contribution in [0.3, 0.4) is 0 Å². The first-order valence-corrected chi connectivity index (χ1v) is 8.27. The van der Waals surface area contributed by atoms with Gasteiger partial charge in [0.25, 0.3) is 5.91 Å². The lowest BCUT2D eigenvalue weighted by molar-refractivity contribution is -0.128. The van der Waals surface area contributed by atoms with Gasteiger partial charge in [0, 0.05) is 6.61 Å². The van der Waals surface area contributed by atoms with E-state index in [1.165, 1.54) is 0 Å². The second kappa shape index (κ2) is 9.45. The smallest absolute Gasteiger partial charge is 0.261 e. The van der Waals surface area contributed by atoms with E-state index in [-0.39, 0.29) is 18.6 Å². The maximum absolute atomic E-state index is 12.5. The third-order valence-electron chi connectivity index (χ3n) is 3.81. The molecule has 0 aliphatic carbocycles. The van der Waals surface area contributed by atoms with Crippen molar-refractivity contribution in [2.24, 2.45) is 0 Å². The van der Waals surface area contributed by atoms with Crippen molar-refractivity contribution >= 4 is 5.91 Å². The van der Waals surface area contributed by atoms with Crippen molar-refractivity contribution in [1.82, 2.24) is 5.32 Å². The van der Waals surface area contributed by atoms with Crippen LogP contribution in [0, 0.1) is 11.3 Å². The van der Waals surface area contributed by atoms with Crippen LogP contribution in [0.15, 0.2) is 54.6 Å². The number of amides is 1. The van der Waals surface area contributed by atoms with E-state index in [0.29, 0.717) is 24.2 Å². The molecule has 25 heavy (non-hydrogen) atoms. The minimum absolute atomic E-state index is 0.0756. The SMILES string of the molecule is CC(Oc1cccc(C#N)c1)C(=O)NC(CCCO)c1ccccc1. The molecule has 0 aliphatic rings. The normalized spacial score (nSPS) is 12.7. The highest BCUT2D eigenvalue weighted by Crippen LogP contribution is 2.19. The molecule has 0 aromatic heterocycles. The molecule has 0 radical (unpaired) electrons. The molecule has 0 bridgehead atoms. The lowest BCUT2D eigenvalue weighted by Gasteiger charge is -2.22. The van der Waals surface area contributed by atoms with E-state index in [4.69, 9.17) is 15.1 Å². The van der Waals surface area contributed by atoms with Crippen LogP contribution in [-0.4, -0.2) is 23.7 Å². The van der Waals surface area contributed by atoms with Crippen molar-refractivity contribution in [2.45, 2.75) is 31.9 Å². The van der Waals surface area contributed by atoms with Crippen molar-refractivity contribution in [3.8, 4) is 11.8 Å². The highest BCUT2D eigenvalue weighted by atomic mass is 16.5. The van der Waals surface area contributed by atoms with E-state index < -0.39 is 6.10 Å². The van der Waals surface area contributed by atoms with Crippen molar-refractivity contribution < 1.29 is 14.6 Å². The first kappa shape index (κ1) is 18.5. The second-order valence-corrected chi connectivity index (χ2v) is 5.74. The number of hydrogen-bond donors (Lipinski definition) is 2. The van der Waals surface area contributed by atoms with E-state index in [2.05, 4.69) is 5.32 Å². The summed E-state index contributed by atoms with van der Waals surface area (Å²) in [5, 5.41) is 21.0. The Morgan fingerprint density at radius 1 is 1.24 bits per heavy atom. The average Bonchev–Trinajstić information content (AvgIpc) is 2.65. The summed E-state index contributed by atoms with van der Waals surface area (Å²) >= 11 is 0. The lowest BCUT2D eigenvalue weighted by atomic mass is 10.0. The summed E-state index contributed by atoms with van der Waals surface area (Å²) in [7, 11) is 0. The van der Waals surface area contributed by atoms with Gasteiger partial charge < -0.3 is 15.2 Å². The highest BCUT2D eigenvalue weighted by molar-refractivity contribution is 5.81. The largest absolute Gasteiger partial charge is 0.481 e. The van der Waals surface area contributed by atoms with Crippen molar-refractivity contribution in [3.63, 3.8) is 0 Å². The summed E-state index contributed by atoms with van der Waals surface area (Å²) in [6, 6.07) is 18.2. The standard InChI is InChI=1S/C20H22N2O3/c1-15(25-18-10-5-7-16(13-18)14-21)20(24)22-19(11-6-12-23)17-8-3-2-4-9-17/h2-5,7-10,13,15,19,23H,6,11-12H2,1H3,(H,22,24). The van der Waals surface area contributed by atoms with Crippen molar-refractivity contribution in [1.29, 1.82) is 5.26 Å². The minimum Gasteiger partial charge on any atom is -0.481 e. The Labute approximate surface area is 147 Å². The molecule has 5 heteroatoms. The first-order valence-electron chi connectivity index (χ1n) is 8.27. The second-order valence-electron chi connectivity index (χ2n) is 5.74. The fourth-order valence-corrected chi connectivity index (χ4v) is 2.49. The molecule has 0 saturated heterocycles. The molecule has 1 amide bonds. The maximum Gasteiger partial charge on any atom is 0.261 e. The van der Waals surface area contributed by atoms with Crippen LogP contribution in [-0.2, 0) is 4.79 Å². The topological polar surface area (TPSA) is 82.3 Å². The molecule has 0 heterocycles. The Hall–Kier alpha value is -2.84. The number of hydrogen-bond acceptors (Lipinski definition) is 4. The van der Waals surface area contributed by atoms with Crippen LogP contribution in [0.5, 0.6) is 5.75 Å². The molecule has 0 spiro atoms. The molecule has 2 N–H and O–H groups in total. The predicted octanol–water partition coefficient (Wildman–Crippen LogP) is 2.96. The van der Waals surface area contributed by atoms with E-state index in [9.17, 15) is 4.79 Å². The van der Waals surface area contributed by atoms with Gasteiger partial charge in [-0.2, -0.15) is 5.26 Å². The van der Waals surface area contributed by atoms with Gasteiger partial charge in [-0.3, -0.25) is 4.79 Å². The van der Waals surface area contributed by atoms with Crippen LogP contribution in [0.2, 0.25) is 0 Å². The van der Waals surface area contributed by atoms with Gasteiger partial charge in [-0.05, 0) is 43.5 Å². The van der Waals surface area contributed by atoms with E-state index in [0.717, 1.165) is 5.56 Å². The Bertz CT molecular complexity index is 725. The van der Waals surface area contributed by atoms with Crippen LogP contribution in [0.4, 0.5) is 0 Å². The summed E-state index contributed by atoms with van der Waals surface area (Å²) in [4.78, 5) is 12.5. The molecule has 2 atom stereocenters. The van der Waals surface area contributed by atoms with Gasteiger partial charge in [0.15, 0.2) is 6.10 Å². The number of rotatable bonds is 8. The van der Waals surface area contributed by atoms with Crippen molar-refractivity contribution in [3.05, 3.63) is 65.7 Å². The third kappa shape index (κ3) is 5.63. The molecule has 2 unspecified atom stereocenters. The van der Waals surface area contributed by atoms with Gasteiger partial charge in [-0.25, -0.2) is 0 Å². The zero-order valence-electron chi connectivity index (χ0n) is 14.2. The van der Waals surface area contributed by atoms with Gasteiger partial charge in [-0.15, -0.1) is 0 Å². The molecule has 5 nitrogen and oxygen atoms in total. The molecule has 2 aromatic carbocycles. The van der Waals surface area contributed by atoms with E-state index >= 15 is 0 Å². The molecule has 2 aromatic rings. The van der Waals surface area contributed by atoms with Gasteiger partial charge in [0.05, 0.1) is 17.7 Å². The molecule has 0 saturated carbocycles. The van der Waals surface area contributed by atoms with Gasteiger partial charge in [-0.1, -0.05) is 36.4 Å². The first-order chi connectivity index (χ1) is 12.1. The van der Waals surface area contributed by atoms with Crippen LogP contribution >= 0.6 is 0 Å². The molecular formula is C20H22N2O3. The Kier molecular flexibility index (Phi) is 7.00. The zero-order chi connectivity index (χ0) is 18.1. The van der Waals surface area contributed by atoms with E-state index in [1.54, 1.807) is 31.2 Å². The van der Waals surface area contributed by atoms with Gasteiger partial charge in [0.2, 0.25) is 0 Å². The summed E-state index contributed by atoms with van der Waals surface area (Å²) in [6.45, 7) is 1.74. The van der Waals surface area contributed by atoms with E-state index in [1.807, 2.05) is 36.4 Å². The number of nitrogens with one attached hydrogen (secondary N) is 1. The minimum atomic E-state index is -0.700. The molecule has 2 rings (SSSR count). The molecule has 0 aliphatic heterocycles. The number of nitrogens with zero attached hydrogens (tertiary/aromatic N) is 1. The highest BCUT2D eigenvalue weighted by Gasteiger charge is 2.20. The number of aliphatic hydroxyl groups is 1. The summed E-state index contributed by atoms with van der Waals surface area (Å²) in [5.74, 6) is 0.238. The maximum atomic E-state index is 12.5. The quantitative estimate of drug-likeness (QED) is 0.775. The monoisotopic (exact) mass is 338 g/mol. The van der Waals surface area contributed by atoms with Gasteiger partial charge >= 0.3 is 0 Å². The number of aliphatic hydroxyl groups excluding tert-OH is 1. The zero-order valence-corrected chi connectivity index (χ0v) is 14.2. The van der Waals surface area contributed by atoms with Crippen LogP contribution < -0.4 is 10.1 Å². The third-order valence-corrected chi connectivity index (χ3v) is 3.81. The molecular weight excluding hydrogens is 316 g/mol. The number of benzene rings is 2. The lowest BCUT2D eigenvalue weighted by Crippen LogP contribution is -2.38. The Morgan fingerprint density at radius 2 is 2.00 bits per heavy atom. The number of ether oxygens (including phenoxy) is 1. The van der Waals surface area contributed by atoms with Crippen LogP contribution in [0.25, 0.3) is 0 Å². The van der Waals surface area contributed by atoms with Crippen molar-refractivity contribution in [2.75, 3.05) is 6.61 Å². The fraction of sp³-hybridized carbons (Fsp3) is 0.300. The summed E-state index contributed by atoms with van der Waals surface area (Å²) in [6.07, 6.45) is 0.539.